The van der Waals surface area contributed by atoms with Gasteiger partial charge < -0.3 is 9.31 Å². The Labute approximate surface area is 142 Å². The largest absolute Gasteiger partial charge is 0.496 e. The smallest absolute Gasteiger partial charge is 0.399 e. The van der Waals surface area contributed by atoms with Gasteiger partial charge in [0.1, 0.15) is 0 Å². The third kappa shape index (κ3) is 3.22. The van der Waals surface area contributed by atoms with Gasteiger partial charge in [0.25, 0.3) is 0 Å². The molecular formula is C14H20BClN2O4S. The molecule has 0 aromatic carbocycles. The topological polar surface area (TPSA) is 77.5 Å². The van der Waals surface area contributed by atoms with Crippen molar-refractivity contribution in [3.8, 4) is 0 Å². The van der Waals surface area contributed by atoms with Gasteiger partial charge in [0.05, 0.1) is 22.1 Å². The minimum Gasteiger partial charge on any atom is -0.399 e. The summed E-state index contributed by atoms with van der Waals surface area (Å²) in [6.45, 7) is 7.81. The van der Waals surface area contributed by atoms with Crippen LogP contribution in [-0.4, -0.2) is 37.0 Å². The van der Waals surface area contributed by atoms with Gasteiger partial charge in [-0.3, -0.25) is 4.72 Å². The second-order valence-electron chi connectivity index (χ2n) is 7.04. The van der Waals surface area contributed by atoms with Crippen molar-refractivity contribution in [2.75, 3.05) is 4.72 Å². The van der Waals surface area contributed by atoms with Crippen LogP contribution < -0.4 is 10.2 Å². The van der Waals surface area contributed by atoms with Crippen molar-refractivity contribution in [3.63, 3.8) is 0 Å². The fraction of sp³-hybridized carbons (Fsp3) is 0.643. The molecule has 0 atom stereocenters. The van der Waals surface area contributed by atoms with Crippen LogP contribution in [0.15, 0.2) is 12.3 Å². The Morgan fingerprint density at radius 1 is 1.26 bits per heavy atom. The summed E-state index contributed by atoms with van der Waals surface area (Å²) in [5.74, 6) is 0. The maximum atomic E-state index is 12.1. The van der Waals surface area contributed by atoms with Gasteiger partial charge in [0.2, 0.25) is 10.0 Å². The number of rotatable bonds is 4. The minimum atomic E-state index is -3.40. The lowest BCUT2D eigenvalue weighted by molar-refractivity contribution is 0.00578. The Bertz CT molecular complexity index is 718. The number of pyridine rings is 1. The predicted octanol–water partition coefficient (Wildman–Crippen LogP) is 1.94. The van der Waals surface area contributed by atoms with E-state index in [-0.39, 0.29) is 16.1 Å². The van der Waals surface area contributed by atoms with E-state index < -0.39 is 28.3 Å². The first-order chi connectivity index (χ1) is 10.5. The van der Waals surface area contributed by atoms with Gasteiger partial charge in [-0.05, 0) is 46.6 Å². The van der Waals surface area contributed by atoms with Gasteiger partial charge in [-0.2, -0.15) is 0 Å². The van der Waals surface area contributed by atoms with Crippen molar-refractivity contribution in [1.29, 1.82) is 0 Å². The summed E-state index contributed by atoms with van der Waals surface area (Å²) < 4.78 is 38.6. The van der Waals surface area contributed by atoms with Crippen LogP contribution >= 0.6 is 11.6 Å². The molecular weight excluding hydrogens is 338 g/mol. The summed E-state index contributed by atoms with van der Waals surface area (Å²) in [5.41, 5.74) is -0.0806. The molecule has 2 fully saturated rings. The molecule has 1 aromatic rings. The summed E-state index contributed by atoms with van der Waals surface area (Å²) in [7, 11) is -4.02. The molecule has 0 amide bonds. The van der Waals surface area contributed by atoms with E-state index in [1.807, 2.05) is 27.7 Å². The summed E-state index contributed by atoms with van der Waals surface area (Å²) in [4.78, 5) is 4.06. The predicted molar refractivity (Wildman–Crippen MR) is 90.5 cm³/mol. The Morgan fingerprint density at radius 3 is 2.35 bits per heavy atom. The monoisotopic (exact) mass is 358 g/mol. The summed E-state index contributed by atoms with van der Waals surface area (Å²) >= 11 is 6.03. The van der Waals surface area contributed by atoms with E-state index in [9.17, 15) is 8.42 Å². The van der Waals surface area contributed by atoms with Gasteiger partial charge in [0.15, 0.2) is 5.15 Å². The Hall–Kier alpha value is -0.825. The van der Waals surface area contributed by atoms with E-state index in [1.54, 1.807) is 12.3 Å². The number of halogens is 1. The highest BCUT2D eigenvalue weighted by Gasteiger charge is 2.52. The Morgan fingerprint density at radius 2 is 1.83 bits per heavy atom. The molecule has 0 spiro atoms. The standard InChI is InChI=1S/C14H20BClN2O4S/c1-13(2)14(3,4)22-15(21-13)9-7-11(12(16)17-8-9)18-23(19,20)10-5-6-10/h7-8,10,18H,5-6H2,1-4H3. The molecule has 3 rings (SSSR count). The van der Waals surface area contributed by atoms with Crippen LogP contribution in [0.5, 0.6) is 0 Å². The molecule has 1 N–H and O–H groups in total. The first-order valence-corrected chi connectivity index (χ1v) is 9.47. The van der Waals surface area contributed by atoms with Crippen LogP contribution in [-0.2, 0) is 19.3 Å². The number of anilines is 1. The fourth-order valence-corrected chi connectivity index (χ4v) is 3.85. The number of hydrogen-bond donors (Lipinski definition) is 1. The average molecular weight is 359 g/mol. The second kappa shape index (κ2) is 5.34. The molecule has 1 aliphatic heterocycles. The second-order valence-corrected chi connectivity index (χ2v) is 9.36. The quantitative estimate of drug-likeness (QED) is 0.657. The third-order valence-electron chi connectivity index (χ3n) is 4.60. The molecule has 0 unspecified atom stereocenters. The lowest BCUT2D eigenvalue weighted by Gasteiger charge is -2.32. The van der Waals surface area contributed by atoms with Crippen LogP contribution in [0.1, 0.15) is 40.5 Å². The number of hydrogen-bond acceptors (Lipinski definition) is 5. The zero-order valence-corrected chi connectivity index (χ0v) is 15.2. The van der Waals surface area contributed by atoms with Gasteiger partial charge in [0, 0.05) is 11.7 Å². The zero-order chi connectivity index (χ0) is 17.0. The van der Waals surface area contributed by atoms with Crippen LogP contribution in [0, 0.1) is 0 Å². The lowest BCUT2D eigenvalue weighted by atomic mass is 9.80. The highest BCUT2D eigenvalue weighted by atomic mass is 35.5. The van der Waals surface area contributed by atoms with Gasteiger partial charge in [-0.25, -0.2) is 13.4 Å². The number of sulfonamides is 1. The third-order valence-corrected chi connectivity index (χ3v) is 6.76. The van der Waals surface area contributed by atoms with Crippen LogP contribution in [0.2, 0.25) is 5.15 Å². The van der Waals surface area contributed by atoms with E-state index in [4.69, 9.17) is 20.9 Å². The molecule has 126 valence electrons. The maximum absolute atomic E-state index is 12.1. The van der Waals surface area contributed by atoms with E-state index >= 15 is 0 Å². The van der Waals surface area contributed by atoms with E-state index in [1.165, 1.54) is 0 Å². The molecule has 0 radical (unpaired) electrons. The van der Waals surface area contributed by atoms with E-state index in [2.05, 4.69) is 9.71 Å². The van der Waals surface area contributed by atoms with Crippen LogP contribution in [0.25, 0.3) is 0 Å². The van der Waals surface area contributed by atoms with Crippen LogP contribution in [0.3, 0.4) is 0 Å². The molecule has 0 bridgehead atoms. The lowest BCUT2D eigenvalue weighted by Crippen LogP contribution is -2.41. The fourth-order valence-electron chi connectivity index (χ4n) is 2.26. The molecule has 2 aliphatic rings. The summed E-state index contributed by atoms with van der Waals surface area (Å²) in [6, 6.07) is 1.62. The summed E-state index contributed by atoms with van der Waals surface area (Å²) in [6.07, 6.45) is 2.90. The highest BCUT2D eigenvalue weighted by Crippen LogP contribution is 2.37. The van der Waals surface area contributed by atoms with Crippen molar-refractivity contribution < 1.29 is 17.7 Å². The molecule has 9 heteroatoms. The van der Waals surface area contributed by atoms with E-state index in [0.29, 0.717) is 18.3 Å². The van der Waals surface area contributed by atoms with Crippen molar-refractivity contribution in [2.45, 2.75) is 57.0 Å². The molecule has 1 saturated heterocycles. The molecule has 1 aromatic heterocycles. The Balaban J connectivity index is 1.87. The number of aromatic nitrogens is 1. The van der Waals surface area contributed by atoms with Gasteiger partial charge in [-0.15, -0.1) is 0 Å². The molecule has 1 aliphatic carbocycles. The normalized spacial score (nSPS) is 23.1. The van der Waals surface area contributed by atoms with Gasteiger partial charge in [-0.1, -0.05) is 11.6 Å². The molecule has 6 nitrogen and oxygen atoms in total. The first kappa shape index (κ1) is 17.0. The average Bonchev–Trinajstić information content (AvgIpc) is 3.21. The van der Waals surface area contributed by atoms with Crippen molar-refractivity contribution >= 4 is 39.9 Å². The van der Waals surface area contributed by atoms with Crippen molar-refractivity contribution in [1.82, 2.24) is 4.98 Å². The summed E-state index contributed by atoms with van der Waals surface area (Å²) in [5, 5.41) is -0.228. The maximum Gasteiger partial charge on any atom is 0.496 e. The Kier molecular flexibility index (Phi) is 3.95. The van der Waals surface area contributed by atoms with Gasteiger partial charge >= 0.3 is 7.12 Å². The molecule has 23 heavy (non-hydrogen) atoms. The highest BCUT2D eigenvalue weighted by molar-refractivity contribution is 7.93. The first-order valence-electron chi connectivity index (χ1n) is 7.54. The minimum absolute atomic E-state index is 0.106. The number of nitrogens with one attached hydrogen (secondary N) is 1. The molecule has 2 heterocycles. The van der Waals surface area contributed by atoms with E-state index in [0.717, 1.165) is 0 Å². The van der Waals surface area contributed by atoms with Crippen molar-refractivity contribution in [2.24, 2.45) is 0 Å². The van der Waals surface area contributed by atoms with Crippen molar-refractivity contribution in [3.05, 3.63) is 17.4 Å². The number of nitrogens with zero attached hydrogens (tertiary/aromatic N) is 1. The SMILES string of the molecule is CC1(C)OB(c2cnc(Cl)c(NS(=O)(=O)C3CC3)c2)OC1(C)C. The molecule has 1 saturated carbocycles. The zero-order valence-electron chi connectivity index (χ0n) is 13.6. The van der Waals surface area contributed by atoms with Crippen LogP contribution in [0.4, 0.5) is 5.69 Å².